The van der Waals surface area contributed by atoms with Crippen LogP contribution in [0.2, 0.25) is 0 Å². The number of hydrogen-bond acceptors (Lipinski definition) is 4. The fourth-order valence-corrected chi connectivity index (χ4v) is 1.80. The van der Waals surface area contributed by atoms with E-state index in [9.17, 15) is 0 Å². The zero-order valence-electron chi connectivity index (χ0n) is 10.2. The topological polar surface area (TPSA) is 66.5 Å². The van der Waals surface area contributed by atoms with Crippen molar-refractivity contribution in [3.05, 3.63) is 41.9 Å². The molecule has 0 saturated heterocycles. The van der Waals surface area contributed by atoms with Crippen LogP contribution in [0.5, 0.6) is 0 Å². The van der Waals surface area contributed by atoms with E-state index < -0.39 is 0 Å². The molecule has 18 heavy (non-hydrogen) atoms. The average Bonchev–Trinajstić information content (AvgIpc) is 2.82. The van der Waals surface area contributed by atoms with Gasteiger partial charge in [0.05, 0.1) is 12.5 Å². The zero-order chi connectivity index (χ0) is 12.5. The van der Waals surface area contributed by atoms with E-state index in [1.165, 1.54) is 11.1 Å². The molecule has 3 aromatic rings. The van der Waals surface area contributed by atoms with Gasteiger partial charge in [0.1, 0.15) is 5.52 Å². The van der Waals surface area contributed by atoms with Gasteiger partial charge in [0, 0.05) is 5.69 Å². The molecule has 0 saturated carbocycles. The lowest BCUT2D eigenvalue weighted by Gasteiger charge is -2.09. The van der Waals surface area contributed by atoms with Gasteiger partial charge >= 0.3 is 0 Å². The van der Waals surface area contributed by atoms with Gasteiger partial charge in [-0.3, -0.25) is 0 Å². The van der Waals surface area contributed by atoms with E-state index >= 15 is 0 Å². The van der Waals surface area contributed by atoms with Gasteiger partial charge in [0.25, 0.3) is 0 Å². The van der Waals surface area contributed by atoms with Crippen LogP contribution in [0.15, 0.2) is 30.7 Å². The molecular weight excluding hydrogens is 226 g/mol. The van der Waals surface area contributed by atoms with Crippen LogP contribution in [0, 0.1) is 13.8 Å². The molecule has 2 N–H and O–H groups in total. The smallest absolute Gasteiger partial charge is 0.229 e. The van der Waals surface area contributed by atoms with Gasteiger partial charge in [-0.1, -0.05) is 12.1 Å². The fraction of sp³-hybridized carbons (Fsp3) is 0.154. The van der Waals surface area contributed by atoms with Crippen molar-refractivity contribution in [1.29, 1.82) is 0 Å². The molecule has 0 spiro atoms. The molecule has 0 unspecified atom stereocenters. The van der Waals surface area contributed by atoms with Gasteiger partial charge in [-0.05, 0) is 31.0 Å². The summed E-state index contributed by atoms with van der Waals surface area (Å²) in [4.78, 5) is 15.7. The minimum atomic E-state index is 0.559. The Morgan fingerprint density at radius 3 is 2.94 bits per heavy atom. The lowest BCUT2D eigenvalue weighted by Crippen LogP contribution is -1.99. The highest BCUT2D eigenvalue weighted by molar-refractivity contribution is 5.71. The Kier molecular flexibility index (Phi) is 2.44. The standard InChI is InChI=1S/C13H13N5/c1-8-4-3-5-10(9(8)2)17-13-14-6-11-12(18-13)16-7-15-11/h3-7H,1-2H3,(H2,14,15,16,17,18). The molecular formula is C13H13N5. The molecule has 0 atom stereocenters. The summed E-state index contributed by atoms with van der Waals surface area (Å²) in [5.41, 5.74) is 4.95. The number of H-pyrrole nitrogens is 1. The Bertz CT molecular complexity index is 701. The van der Waals surface area contributed by atoms with Crippen LogP contribution < -0.4 is 5.32 Å². The van der Waals surface area contributed by atoms with Gasteiger partial charge in [0.15, 0.2) is 5.65 Å². The molecule has 0 aliphatic rings. The van der Waals surface area contributed by atoms with E-state index in [1.807, 2.05) is 12.1 Å². The van der Waals surface area contributed by atoms with E-state index in [0.29, 0.717) is 11.6 Å². The molecule has 0 amide bonds. The Morgan fingerprint density at radius 2 is 2.06 bits per heavy atom. The lowest BCUT2D eigenvalue weighted by molar-refractivity contribution is 1.18. The Labute approximate surface area is 104 Å². The maximum absolute atomic E-state index is 4.34. The summed E-state index contributed by atoms with van der Waals surface area (Å²) in [5, 5.41) is 3.22. The fourth-order valence-electron chi connectivity index (χ4n) is 1.80. The third-order valence-corrected chi connectivity index (χ3v) is 3.03. The monoisotopic (exact) mass is 239 g/mol. The van der Waals surface area contributed by atoms with Gasteiger partial charge in [0.2, 0.25) is 5.95 Å². The third-order valence-electron chi connectivity index (χ3n) is 3.03. The Hall–Kier alpha value is -2.43. The molecule has 5 heteroatoms. The number of rotatable bonds is 2. The van der Waals surface area contributed by atoms with Crippen molar-refractivity contribution in [2.24, 2.45) is 0 Å². The van der Waals surface area contributed by atoms with Crippen molar-refractivity contribution in [2.45, 2.75) is 13.8 Å². The van der Waals surface area contributed by atoms with Crippen molar-refractivity contribution in [1.82, 2.24) is 19.9 Å². The van der Waals surface area contributed by atoms with Crippen LogP contribution in [-0.4, -0.2) is 19.9 Å². The molecule has 0 bridgehead atoms. The van der Waals surface area contributed by atoms with Crippen molar-refractivity contribution >= 4 is 22.8 Å². The SMILES string of the molecule is Cc1cccc(Nc2ncc3[nH]cnc3n2)c1C. The largest absolute Gasteiger partial charge is 0.342 e. The number of nitrogens with one attached hydrogen (secondary N) is 2. The maximum atomic E-state index is 4.34. The van der Waals surface area contributed by atoms with E-state index in [2.05, 4.69) is 45.2 Å². The molecule has 0 aliphatic heterocycles. The highest BCUT2D eigenvalue weighted by atomic mass is 15.1. The Balaban J connectivity index is 1.98. The minimum absolute atomic E-state index is 0.559. The van der Waals surface area contributed by atoms with Crippen LogP contribution in [0.3, 0.4) is 0 Å². The van der Waals surface area contributed by atoms with Crippen LogP contribution in [0.25, 0.3) is 11.2 Å². The number of aryl methyl sites for hydroxylation is 1. The van der Waals surface area contributed by atoms with E-state index in [0.717, 1.165) is 11.2 Å². The first-order valence-electron chi connectivity index (χ1n) is 5.73. The first-order valence-corrected chi connectivity index (χ1v) is 5.73. The number of anilines is 2. The first kappa shape index (κ1) is 10.7. The van der Waals surface area contributed by atoms with Crippen LogP contribution in [0.1, 0.15) is 11.1 Å². The van der Waals surface area contributed by atoms with Gasteiger partial charge in [-0.2, -0.15) is 4.98 Å². The number of aromatic amines is 1. The minimum Gasteiger partial charge on any atom is -0.342 e. The predicted molar refractivity (Wildman–Crippen MR) is 70.9 cm³/mol. The van der Waals surface area contributed by atoms with Gasteiger partial charge in [-0.15, -0.1) is 0 Å². The molecule has 1 aromatic carbocycles. The van der Waals surface area contributed by atoms with Gasteiger partial charge < -0.3 is 10.3 Å². The molecule has 2 aromatic heterocycles. The van der Waals surface area contributed by atoms with Crippen LogP contribution >= 0.6 is 0 Å². The summed E-state index contributed by atoms with van der Waals surface area (Å²) in [5.74, 6) is 0.559. The molecule has 2 heterocycles. The second-order valence-electron chi connectivity index (χ2n) is 4.21. The molecule has 90 valence electrons. The number of hydrogen-bond donors (Lipinski definition) is 2. The second-order valence-corrected chi connectivity index (χ2v) is 4.21. The summed E-state index contributed by atoms with van der Waals surface area (Å²) in [6.45, 7) is 4.16. The Morgan fingerprint density at radius 1 is 1.17 bits per heavy atom. The van der Waals surface area contributed by atoms with Crippen molar-refractivity contribution in [3.8, 4) is 0 Å². The number of fused-ring (bicyclic) bond motifs is 1. The third kappa shape index (κ3) is 1.79. The number of benzene rings is 1. The van der Waals surface area contributed by atoms with Crippen molar-refractivity contribution in [3.63, 3.8) is 0 Å². The number of nitrogens with zero attached hydrogens (tertiary/aromatic N) is 3. The van der Waals surface area contributed by atoms with Crippen LogP contribution in [-0.2, 0) is 0 Å². The maximum Gasteiger partial charge on any atom is 0.229 e. The lowest BCUT2D eigenvalue weighted by atomic mass is 10.1. The molecule has 3 rings (SSSR count). The van der Waals surface area contributed by atoms with Crippen molar-refractivity contribution in [2.75, 3.05) is 5.32 Å². The van der Waals surface area contributed by atoms with Gasteiger partial charge in [-0.25, -0.2) is 9.97 Å². The van der Waals surface area contributed by atoms with Crippen molar-refractivity contribution < 1.29 is 0 Å². The van der Waals surface area contributed by atoms with E-state index in [1.54, 1.807) is 12.5 Å². The van der Waals surface area contributed by atoms with Crippen LogP contribution in [0.4, 0.5) is 11.6 Å². The normalized spacial score (nSPS) is 10.8. The highest BCUT2D eigenvalue weighted by Crippen LogP contribution is 2.21. The summed E-state index contributed by atoms with van der Waals surface area (Å²) < 4.78 is 0. The van der Waals surface area contributed by atoms with E-state index in [-0.39, 0.29) is 0 Å². The summed E-state index contributed by atoms with van der Waals surface area (Å²) in [6, 6.07) is 6.11. The first-order chi connectivity index (χ1) is 8.74. The molecule has 5 nitrogen and oxygen atoms in total. The molecule has 0 aliphatic carbocycles. The average molecular weight is 239 g/mol. The number of imidazole rings is 1. The summed E-state index contributed by atoms with van der Waals surface area (Å²) in [7, 11) is 0. The summed E-state index contributed by atoms with van der Waals surface area (Å²) in [6.07, 6.45) is 3.34. The molecule has 0 radical (unpaired) electrons. The number of aromatic nitrogens is 4. The zero-order valence-corrected chi connectivity index (χ0v) is 10.2. The summed E-state index contributed by atoms with van der Waals surface area (Å²) >= 11 is 0. The second kappa shape index (κ2) is 4.10. The molecule has 0 fully saturated rings. The predicted octanol–water partition coefficient (Wildman–Crippen LogP) is 2.71. The highest BCUT2D eigenvalue weighted by Gasteiger charge is 2.05. The quantitative estimate of drug-likeness (QED) is 0.721. The van der Waals surface area contributed by atoms with E-state index in [4.69, 9.17) is 0 Å².